The molecule has 3 saturated heterocycles. The summed E-state index contributed by atoms with van der Waals surface area (Å²) in [6, 6.07) is 2.02. The van der Waals surface area contributed by atoms with Gasteiger partial charge in [-0.25, -0.2) is 4.79 Å². The Morgan fingerprint density at radius 1 is 1.28 bits per heavy atom. The van der Waals surface area contributed by atoms with Gasteiger partial charge in [-0.2, -0.15) is 13.2 Å². The Balaban J connectivity index is 1.26. The Labute approximate surface area is 166 Å². The van der Waals surface area contributed by atoms with E-state index in [2.05, 4.69) is 10.3 Å². The summed E-state index contributed by atoms with van der Waals surface area (Å²) >= 11 is 0. The predicted molar refractivity (Wildman–Crippen MR) is 95.9 cm³/mol. The fraction of sp³-hybridized carbons (Fsp3) is 0.632. The molecule has 3 fully saturated rings. The van der Waals surface area contributed by atoms with Crippen LogP contribution in [0.3, 0.4) is 0 Å². The number of ether oxygens (including phenoxy) is 1. The molecule has 0 saturated carbocycles. The first-order chi connectivity index (χ1) is 13.7. The first kappa shape index (κ1) is 19.9. The molecule has 0 bridgehead atoms. The molecular formula is C19H23F3N4O3. The summed E-state index contributed by atoms with van der Waals surface area (Å²) in [6.07, 6.45) is -1.25. The van der Waals surface area contributed by atoms with Crippen molar-refractivity contribution in [2.24, 2.45) is 5.92 Å². The number of nitrogens with one attached hydrogen (secondary N) is 1. The number of pyridine rings is 1. The number of hydrogen-bond donors (Lipinski definition) is 1. The number of aromatic nitrogens is 1. The molecule has 0 aromatic carbocycles. The summed E-state index contributed by atoms with van der Waals surface area (Å²) in [6.45, 7) is 2.47. The maximum Gasteiger partial charge on any atom is 0.416 e. The number of morpholine rings is 1. The van der Waals surface area contributed by atoms with Gasteiger partial charge in [0.1, 0.15) is 6.61 Å². The van der Waals surface area contributed by atoms with E-state index in [1.165, 1.54) is 6.20 Å². The Morgan fingerprint density at radius 2 is 2.00 bits per heavy atom. The lowest BCUT2D eigenvalue weighted by Gasteiger charge is -2.52. The summed E-state index contributed by atoms with van der Waals surface area (Å²) < 4.78 is 43.8. The minimum atomic E-state index is -4.37. The molecule has 3 aliphatic rings. The van der Waals surface area contributed by atoms with Crippen LogP contribution in [0.15, 0.2) is 18.3 Å². The number of halogens is 3. The highest BCUT2D eigenvalue weighted by Crippen LogP contribution is 2.31. The zero-order chi connectivity index (χ0) is 20.6. The van der Waals surface area contributed by atoms with E-state index >= 15 is 0 Å². The SMILES string of the molecule is O=C1COCC2(CN(C(=O)N3CCC(Cc4cc(C(F)(F)F)ccn4)CC3)C2)N1. The number of hydrogen-bond acceptors (Lipinski definition) is 4. The van der Waals surface area contributed by atoms with E-state index < -0.39 is 17.3 Å². The van der Waals surface area contributed by atoms with E-state index in [-0.39, 0.29) is 24.5 Å². The molecule has 1 spiro atoms. The number of carbonyl (C=O) groups is 2. The van der Waals surface area contributed by atoms with E-state index in [1.807, 2.05) is 0 Å². The van der Waals surface area contributed by atoms with Crippen LogP contribution in [-0.4, -0.2) is 71.7 Å². The van der Waals surface area contributed by atoms with Crippen molar-refractivity contribution in [2.45, 2.75) is 31.0 Å². The quantitative estimate of drug-likeness (QED) is 0.802. The van der Waals surface area contributed by atoms with Crippen LogP contribution in [0, 0.1) is 5.92 Å². The van der Waals surface area contributed by atoms with Gasteiger partial charge in [0.2, 0.25) is 5.91 Å². The predicted octanol–water partition coefficient (Wildman–Crippen LogP) is 1.68. The highest BCUT2D eigenvalue weighted by Gasteiger charge is 2.49. The topological polar surface area (TPSA) is 74.8 Å². The van der Waals surface area contributed by atoms with Crippen LogP contribution in [-0.2, 0) is 22.1 Å². The van der Waals surface area contributed by atoms with Gasteiger partial charge >= 0.3 is 12.2 Å². The van der Waals surface area contributed by atoms with Crippen molar-refractivity contribution in [3.05, 3.63) is 29.6 Å². The number of alkyl halides is 3. The Morgan fingerprint density at radius 3 is 2.66 bits per heavy atom. The maximum absolute atomic E-state index is 12.8. The van der Waals surface area contributed by atoms with Gasteiger partial charge in [0.15, 0.2) is 0 Å². The van der Waals surface area contributed by atoms with Crippen LogP contribution in [0.5, 0.6) is 0 Å². The zero-order valence-electron chi connectivity index (χ0n) is 15.9. The molecule has 0 unspecified atom stereocenters. The third-order valence-electron chi connectivity index (χ3n) is 5.80. The van der Waals surface area contributed by atoms with Gasteiger partial charge in [0, 0.05) is 38.1 Å². The van der Waals surface area contributed by atoms with E-state index in [9.17, 15) is 22.8 Å². The smallest absolute Gasteiger partial charge is 0.369 e. The molecule has 158 valence electrons. The normalized spacial score (nSPS) is 22.4. The molecule has 1 aromatic rings. The Hall–Kier alpha value is -2.36. The second kappa shape index (κ2) is 7.47. The van der Waals surface area contributed by atoms with Crippen LogP contribution < -0.4 is 5.32 Å². The van der Waals surface area contributed by atoms with E-state index in [0.29, 0.717) is 44.9 Å². The molecule has 1 N–H and O–H groups in total. The number of nitrogens with zero attached hydrogens (tertiary/aromatic N) is 3. The van der Waals surface area contributed by atoms with Gasteiger partial charge in [0.05, 0.1) is 17.7 Å². The van der Waals surface area contributed by atoms with Crippen molar-refractivity contribution in [3.8, 4) is 0 Å². The molecule has 1 aromatic heterocycles. The molecule has 4 rings (SSSR count). The van der Waals surface area contributed by atoms with Crippen molar-refractivity contribution in [3.63, 3.8) is 0 Å². The van der Waals surface area contributed by atoms with Gasteiger partial charge in [-0.1, -0.05) is 0 Å². The molecular weight excluding hydrogens is 389 g/mol. The van der Waals surface area contributed by atoms with Gasteiger partial charge in [-0.3, -0.25) is 9.78 Å². The third kappa shape index (κ3) is 4.31. The molecule has 0 atom stereocenters. The van der Waals surface area contributed by atoms with Gasteiger partial charge in [-0.05, 0) is 37.3 Å². The molecule has 3 aliphatic heterocycles. The molecule has 4 heterocycles. The average molecular weight is 412 g/mol. The summed E-state index contributed by atoms with van der Waals surface area (Å²) in [4.78, 5) is 31.7. The first-order valence-electron chi connectivity index (χ1n) is 9.69. The summed E-state index contributed by atoms with van der Waals surface area (Å²) in [7, 11) is 0. The van der Waals surface area contributed by atoms with Crippen LogP contribution in [0.2, 0.25) is 0 Å². The second-order valence-electron chi connectivity index (χ2n) is 8.13. The first-order valence-corrected chi connectivity index (χ1v) is 9.69. The van der Waals surface area contributed by atoms with Crippen molar-refractivity contribution < 1.29 is 27.5 Å². The van der Waals surface area contributed by atoms with Crippen molar-refractivity contribution in [2.75, 3.05) is 39.4 Å². The molecule has 10 heteroatoms. The summed E-state index contributed by atoms with van der Waals surface area (Å²) in [5.74, 6) is 0.0381. The lowest BCUT2D eigenvalue weighted by atomic mass is 9.89. The monoisotopic (exact) mass is 412 g/mol. The molecule has 0 aliphatic carbocycles. The van der Waals surface area contributed by atoms with Crippen LogP contribution >= 0.6 is 0 Å². The van der Waals surface area contributed by atoms with Crippen LogP contribution in [0.1, 0.15) is 24.1 Å². The van der Waals surface area contributed by atoms with E-state index in [4.69, 9.17) is 4.74 Å². The fourth-order valence-corrected chi connectivity index (χ4v) is 4.29. The number of amides is 3. The molecule has 3 amide bonds. The number of piperidine rings is 1. The number of likely N-dealkylation sites (tertiary alicyclic amines) is 2. The Bertz CT molecular complexity index is 787. The van der Waals surface area contributed by atoms with Crippen LogP contribution in [0.4, 0.5) is 18.0 Å². The average Bonchev–Trinajstić information content (AvgIpc) is 2.66. The van der Waals surface area contributed by atoms with E-state index in [1.54, 1.807) is 9.80 Å². The lowest BCUT2D eigenvalue weighted by molar-refractivity contribution is -0.141. The summed E-state index contributed by atoms with van der Waals surface area (Å²) in [5, 5.41) is 2.90. The maximum atomic E-state index is 12.8. The van der Waals surface area contributed by atoms with E-state index in [0.717, 1.165) is 25.0 Å². The highest BCUT2D eigenvalue weighted by molar-refractivity contribution is 5.81. The molecule has 29 heavy (non-hydrogen) atoms. The van der Waals surface area contributed by atoms with Gasteiger partial charge in [-0.15, -0.1) is 0 Å². The minimum Gasteiger partial charge on any atom is -0.369 e. The second-order valence-corrected chi connectivity index (χ2v) is 8.13. The third-order valence-corrected chi connectivity index (χ3v) is 5.80. The van der Waals surface area contributed by atoms with Crippen molar-refractivity contribution in [1.82, 2.24) is 20.1 Å². The Kier molecular flexibility index (Phi) is 5.14. The van der Waals surface area contributed by atoms with Gasteiger partial charge < -0.3 is 19.9 Å². The summed E-state index contributed by atoms with van der Waals surface area (Å²) in [5.41, 5.74) is -0.707. The fourth-order valence-electron chi connectivity index (χ4n) is 4.29. The number of rotatable bonds is 2. The van der Waals surface area contributed by atoms with Crippen molar-refractivity contribution in [1.29, 1.82) is 0 Å². The van der Waals surface area contributed by atoms with Crippen LogP contribution in [0.25, 0.3) is 0 Å². The minimum absolute atomic E-state index is 0.0595. The highest BCUT2D eigenvalue weighted by atomic mass is 19.4. The molecule has 7 nitrogen and oxygen atoms in total. The molecule has 0 radical (unpaired) electrons. The number of urea groups is 1. The largest absolute Gasteiger partial charge is 0.416 e. The zero-order valence-corrected chi connectivity index (χ0v) is 15.9. The van der Waals surface area contributed by atoms with Crippen molar-refractivity contribution >= 4 is 11.9 Å². The van der Waals surface area contributed by atoms with Gasteiger partial charge in [0.25, 0.3) is 0 Å². The standard InChI is InChI=1S/C19H23F3N4O3/c20-19(21,22)14-1-4-23-15(8-14)7-13-2-5-25(6-3-13)17(28)26-10-18(11-26)12-29-9-16(27)24-18/h1,4,8,13H,2-3,5-7,9-12H2,(H,24,27). The lowest BCUT2D eigenvalue weighted by Crippen LogP contribution is -2.76. The number of carbonyl (C=O) groups excluding carboxylic acids is 2.